The van der Waals surface area contributed by atoms with Gasteiger partial charge < -0.3 is 15.8 Å². The maximum absolute atomic E-state index is 6.10. The number of benzene rings is 1. The van der Waals surface area contributed by atoms with Gasteiger partial charge in [0.1, 0.15) is 0 Å². The van der Waals surface area contributed by atoms with E-state index in [2.05, 4.69) is 5.32 Å². The molecule has 0 radical (unpaired) electrons. The van der Waals surface area contributed by atoms with Crippen molar-refractivity contribution in [2.75, 3.05) is 24.7 Å². The Hall–Kier alpha value is -0.640. The third-order valence-corrected chi connectivity index (χ3v) is 3.95. The van der Waals surface area contributed by atoms with Gasteiger partial charge in [0.2, 0.25) is 0 Å². The standard InChI is InChI=1S/C12H16Cl2N2O/c1-17-12(3-2-4-12)7-16-11-9(13)5-8(15)6-10(11)14/h5-6,16H,2-4,7,15H2,1H3. The van der Waals surface area contributed by atoms with Crippen LogP contribution in [0.4, 0.5) is 11.4 Å². The van der Waals surface area contributed by atoms with Gasteiger partial charge in [0.05, 0.1) is 21.3 Å². The van der Waals surface area contributed by atoms with Gasteiger partial charge in [-0.3, -0.25) is 0 Å². The number of hydrogen-bond acceptors (Lipinski definition) is 3. The molecule has 1 aliphatic rings. The smallest absolute Gasteiger partial charge is 0.0850 e. The molecule has 2 rings (SSSR count). The van der Waals surface area contributed by atoms with E-state index in [9.17, 15) is 0 Å². The number of anilines is 2. The van der Waals surface area contributed by atoms with E-state index >= 15 is 0 Å². The second-order valence-electron chi connectivity index (χ2n) is 4.45. The predicted octanol–water partition coefficient (Wildman–Crippen LogP) is 3.56. The summed E-state index contributed by atoms with van der Waals surface area (Å²) in [5, 5.41) is 4.34. The molecule has 1 aromatic carbocycles. The van der Waals surface area contributed by atoms with Crippen molar-refractivity contribution < 1.29 is 4.74 Å². The fraction of sp³-hybridized carbons (Fsp3) is 0.500. The van der Waals surface area contributed by atoms with E-state index < -0.39 is 0 Å². The lowest BCUT2D eigenvalue weighted by Crippen LogP contribution is -2.45. The molecule has 0 atom stereocenters. The zero-order chi connectivity index (χ0) is 12.5. The van der Waals surface area contributed by atoms with Crippen LogP contribution in [0.1, 0.15) is 19.3 Å². The summed E-state index contributed by atoms with van der Waals surface area (Å²) in [5.41, 5.74) is 6.88. The van der Waals surface area contributed by atoms with Crippen LogP contribution < -0.4 is 11.1 Å². The van der Waals surface area contributed by atoms with Crippen molar-refractivity contribution in [3.63, 3.8) is 0 Å². The molecule has 0 aromatic heterocycles. The lowest BCUT2D eigenvalue weighted by Gasteiger charge is -2.40. The third kappa shape index (κ3) is 2.62. The summed E-state index contributed by atoms with van der Waals surface area (Å²) < 4.78 is 5.53. The van der Waals surface area contributed by atoms with E-state index in [1.165, 1.54) is 6.42 Å². The van der Waals surface area contributed by atoms with E-state index in [1.54, 1.807) is 19.2 Å². The van der Waals surface area contributed by atoms with Crippen molar-refractivity contribution in [2.24, 2.45) is 0 Å². The lowest BCUT2D eigenvalue weighted by atomic mass is 9.80. The molecule has 0 unspecified atom stereocenters. The lowest BCUT2D eigenvalue weighted by molar-refractivity contribution is -0.0601. The number of nitrogen functional groups attached to an aromatic ring is 1. The fourth-order valence-electron chi connectivity index (χ4n) is 2.04. The molecule has 3 nitrogen and oxygen atoms in total. The summed E-state index contributed by atoms with van der Waals surface area (Å²) in [6, 6.07) is 3.38. The highest BCUT2D eigenvalue weighted by atomic mass is 35.5. The molecule has 1 aliphatic carbocycles. The highest BCUT2D eigenvalue weighted by Crippen LogP contribution is 2.37. The Morgan fingerprint density at radius 2 is 1.94 bits per heavy atom. The minimum absolute atomic E-state index is 0.0615. The summed E-state index contributed by atoms with van der Waals surface area (Å²) >= 11 is 12.2. The van der Waals surface area contributed by atoms with Crippen LogP contribution in [-0.4, -0.2) is 19.3 Å². The first kappa shape index (κ1) is 12.8. The SMILES string of the molecule is COC1(CNc2c(Cl)cc(N)cc2Cl)CCC1. The first-order valence-electron chi connectivity index (χ1n) is 5.60. The van der Waals surface area contributed by atoms with E-state index in [4.69, 9.17) is 33.7 Å². The Balaban J connectivity index is 2.09. The van der Waals surface area contributed by atoms with Crippen LogP contribution in [0.3, 0.4) is 0 Å². The quantitative estimate of drug-likeness (QED) is 0.826. The molecular weight excluding hydrogens is 259 g/mol. The van der Waals surface area contributed by atoms with Gasteiger partial charge in [-0.15, -0.1) is 0 Å². The number of ether oxygens (including phenoxy) is 1. The number of hydrogen-bond donors (Lipinski definition) is 2. The van der Waals surface area contributed by atoms with Crippen molar-refractivity contribution >= 4 is 34.6 Å². The molecule has 0 spiro atoms. The van der Waals surface area contributed by atoms with E-state index in [1.807, 2.05) is 0 Å². The molecule has 1 fully saturated rings. The van der Waals surface area contributed by atoms with Gasteiger partial charge in [0.25, 0.3) is 0 Å². The second kappa shape index (κ2) is 4.92. The number of halogens is 2. The van der Waals surface area contributed by atoms with Crippen LogP contribution in [0, 0.1) is 0 Å². The monoisotopic (exact) mass is 274 g/mol. The number of nitrogens with one attached hydrogen (secondary N) is 1. The van der Waals surface area contributed by atoms with Crippen LogP contribution in [-0.2, 0) is 4.74 Å². The minimum atomic E-state index is -0.0615. The number of rotatable bonds is 4. The van der Waals surface area contributed by atoms with E-state index in [0.717, 1.165) is 18.5 Å². The summed E-state index contributed by atoms with van der Waals surface area (Å²) in [7, 11) is 1.74. The first-order valence-corrected chi connectivity index (χ1v) is 6.35. The van der Waals surface area contributed by atoms with Crippen molar-refractivity contribution in [1.82, 2.24) is 0 Å². The van der Waals surface area contributed by atoms with Crippen LogP contribution in [0.2, 0.25) is 10.0 Å². The maximum Gasteiger partial charge on any atom is 0.0850 e. The van der Waals surface area contributed by atoms with E-state index in [-0.39, 0.29) is 5.60 Å². The minimum Gasteiger partial charge on any atom is -0.399 e. The van der Waals surface area contributed by atoms with Gasteiger partial charge in [0, 0.05) is 19.3 Å². The van der Waals surface area contributed by atoms with Crippen molar-refractivity contribution in [3.05, 3.63) is 22.2 Å². The summed E-state index contributed by atoms with van der Waals surface area (Å²) in [5.74, 6) is 0. The van der Waals surface area contributed by atoms with Crippen LogP contribution >= 0.6 is 23.2 Å². The molecule has 1 aromatic rings. The maximum atomic E-state index is 6.10. The Labute approximate surface area is 111 Å². The van der Waals surface area contributed by atoms with Crippen molar-refractivity contribution in [1.29, 1.82) is 0 Å². The molecular formula is C12H16Cl2N2O. The van der Waals surface area contributed by atoms with Gasteiger partial charge in [-0.2, -0.15) is 0 Å². The molecule has 1 saturated carbocycles. The highest BCUT2D eigenvalue weighted by Gasteiger charge is 2.36. The Bertz CT molecular complexity index is 390. The summed E-state index contributed by atoms with van der Waals surface area (Å²) in [6.07, 6.45) is 3.35. The molecule has 0 bridgehead atoms. The highest BCUT2D eigenvalue weighted by molar-refractivity contribution is 6.39. The Kier molecular flexibility index (Phi) is 3.71. The zero-order valence-corrected chi connectivity index (χ0v) is 11.2. The summed E-state index contributed by atoms with van der Waals surface area (Å²) in [6.45, 7) is 0.715. The van der Waals surface area contributed by atoms with Crippen LogP contribution in [0.25, 0.3) is 0 Å². The van der Waals surface area contributed by atoms with Crippen molar-refractivity contribution in [2.45, 2.75) is 24.9 Å². The van der Waals surface area contributed by atoms with Gasteiger partial charge >= 0.3 is 0 Å². The second-order valence-corrected chi connectivity index (χ2v) is 5.27. The Morgan fingerprint density at radius 1 is 1.35 bits per heavy atom. The van der Waals surface area contributed by atoms with Crippen LogP contribution in [0.15, 0.2) is 12.1 Å². The van der Waals surface area contributed by atoms with Gasteiger partial charge in [-0.05, 0) is 31.4 Å². The molecule has 0 amide bonds. The average molecular weight is 275 g/mol. The topological polar surface area (TPSA) is 47.3 Å². The molecule has 0 aliphatic heterocycles. The molecule has 5 heteroatoms. The molecule has 0 heterocycles. The molecule has 0 saturated heterocycles. The van der Waals surface area contributed by atoms with Crippen LogP contribution in [0.5, 0.6) is 0 Å². The fourth-order valence-corrected chi connectivity index (χ4v) is 2.67. The Morgan fingerprint density at radius 3 is 2.35 bits per heavy atom. The number of nitrogens with two attached hydrogens (primary N) is 1. The largest absolute Gasteiger partial charge is 0.399 e. The third-order valence-electron chi connectivity index (χ3n) is 3.35. The summed E-state index contributed by atoms with van der Waals surface area (Å²) in [4.78, 5) is 0. The molecule has 3 N–H and O–H groups in total. The molecule has 17 heavy (non-hydrogen) atoms. The number of methoxy groups -OCH3 is 1. The van der Waals surface area contributed by atoms with Gasteiger partial charge in [-0.25, -0.2) is 0 Å². The van der Waals surface area contributed by atoms with E-state index in [0.29, 0.717) is 22.3 Å². The zero-order valence-electron chi connectivity index (χ0n) is 9.72. The normalized spacial score (nSPS) is 17.6. The average Bonchev–Trinajstić information content (AvgIpc) is 2.19. The van der Waals surface area contributed by atoms with Gasteiger partial charge in [-0.1, -0.05) is 23.2 Å². The predicted molar refractivity (Wildman–Crippen MR) is 73.0 cm³/mol. The van der Waals surface area contributed by atoms with Gasteiger partial charge in [0.15, 0.2) is 0 Å². The first-order chi connectivity index (χ1) is 8.06. The van der Waals surface area contributed by atoms with Crippen molar-refractivity contribution in [3.8, 4) is 0 Å². The molecule has 94 valence electrons.